The number of H-pyrrole nitrogens is 6. The zero-order valence-electron chi connectivity index (χ0n) is 39.3. The Morgan fingerprint density at radius 3 is 1.27 bits per heavy atom. The van der Waals surface area contributed by atoms with E-state index in [9.17, 15) is 79.5 Å². The first-order valence-corrected chi connectivity index (χ1v) is 23.2. The number of alkyl halides is 3. The number of aromatic amines is 6. The fourth-order valence-corrected chi connectivity index (χ4v) is 7.79. The number of halogens is 8. The molecule has 0 aliphatic rings. The molecule has 0 atom stereocenters. The van der Waals surface area contributed by atoms with E-state index in [2.05, 4.69) is 67.4 Å². The van der Waals surface area contributed by atoms with Gasteiger partial charge in [-0.25, -0.2) is 66.3 Å². The van der Waals surface area contributed by atoms with Crippen molar-refractivity contribution in [1.29, 1.82) is 0 Å². The molecule has 0 radical (unpaired) electrons. The van der Waals surface area contributed by atoms with Gasteiger partial charge in [-0.1, -0.05) is 47.5 Å². The lowest BCUT2D eigenvalue weighted by Crippen LogP contribution is -2.18. The van der Waals surface area contributed by atoms with Crippen LogP contribution in [0.15, 0.2) is 198 Å². The fraction of sp³-hybridized carbons (Fsp3) is 0.0204. The van der Waals surface area contributed by atoms with Crippen LogP contribution in [0.3, 0.4) is 0 Å². The fourth-order valence-electron chi connectivity index (χ4n) is 6.84. The van der Waals surface area contributed by atoms with Crippen LogP contribution in [0.4, 0.5) is 22.0 Å². The molecule has 0 amide bonds. The Labute approximate surface area is 454 Å². The van der Waals surface area contributed by atoms with Crippen molar-refractivity contribution in [3.05, 3.63) is 267 Å². The molecule has 6 aromatic carbocycles. The standard InChI is InChI=1S/C9H4F3NO3.C8H4BrNO3.2C8H4ClNO3.2C8H4FNO3/c10-9(11,12)4-2-1-3-5-6(4)7(14)16-8(15)13-5;9-4-2-1-3-5-6(4)7(11)13-8(12)10-5;9-4-1-2-6-5(3-4)7(11)13-8(12)10-6;9-4-2-1-3-5-6(4)7(11)13-8(12)10-5;9-4-1-2-6-5(3-4)7(11)13-8(12)10-6;9-4-2-1-3-5-6(4)7(11)13-8(12)10-5/h1-3H,(H,13,15);5*1-3H,(H,10,12). The molecule has 6 heterocycles. The number of benzene rings is 6. The molecular formula is C49H24BrCl2F5N6O18. The van der Waals surface area contributed by atoms with Crippen LogP contribution in [0.5, 0.6) is 0 Å². The van der Waals surface area contributed by atoms with E-state index in [-0.39, 0.29) is 43.1 Å². The quantitative estimate of drug-likeness (QED) is 0.0913. The van der Waals surface area contributed by atoms with Crippen LogP contribution in [0.2, 0.25) is 10.0 Å². The molecule has 0 fully saturated rings. The monoisotopic (exact) mass is 1230 g/mol. The summed E-state index contributed by atoms with van der Waals surface area (Å²) in [6.45, 7) is 0. The van der Waals surface area contributed by atoms with Gasteiger partial charge in [-0.05, 0) is 101 Å². The van der Waals surface area contributed by atoms with E-state index in [0.717, 1.165) is 30.3 Å². The molecule has 0 bridgehead atoms. The summed E-state index contributed by atoms with van der Waals surface area (Å²) in [5.41, 5.74) is -4.77. The van der Waals surface area contributed by atoms with Crippen molar-refractivity contribution >= 4 is 105 Å². The maximum atomic E-state index is 13.0. The normalized spacial score (nSPS) is 10.8. The highest BCUT2D eigenvalue weighted by atomic mass is 79.9. The van der Waals surface area contributed by atoms with Gasteiger partial charge in [-0.15, -0.1) is 0 Å². The third kappa shape index (κ3) is 14.2. The first-order valence-electron chi connectivity index (χ1n) is 21.6. The van der Waals surface area contributed by atoms with Gasteiger partial charge in [0.25, 0.3) is 0 Å². The lowest BCUT2D eigenvalue weighted by Gasteiger charge is -2.07. The van der Waals surface area contributed by atoms with Crippen molar-refractivity contribution in [2.24, 2.45) is 0 Å². The van der Waals surface area contributed by atoms with Crippen molar-refractivity contribution in [3.8, 4) is 0 Å². The van der Waals surface area contributed by atoms with Crippen molar-refractivity contribution in [3.63, 3.8) is 0 Å². The summed E-state index contributed by atoms with van der Waals surface area (Å²) in [5.74, 6) is -6.35. The first kappa shape index (κ1) is 58.4. The third-order valence-corrected chi connectivity index (χ3v) is 11.4. The van der Waals surface area contributed by atoms with Gasteiger partial charge in [0.2, 0.25) is 0 Å². The summed E-state index contributed by atoms with van der Waals surface area (Å²) in [6.07, 6.45) is -4.67. The van der Waals surface area contributed by atoms with E-state index < -0.39 is 97.1 Å². The molecule has 6 aromatic heterocycles. The summed E-state index contributed by atoms with van der Waals surface area (Å²) in [5, 5.41) is 0.628. The number of hydrogen-bond acceptors (Lipinski definition) is 18. The molecule has 12 aromatic rings. The molecular weight excluding hydrogens is 1210 g/mol. The Bertz CT molecular complexity index is 4820. The summed E-state index contributed by atoms with van der Waals surface area (Å²) >= 11 is 14.6. The topological polar surface area (TPSA) is 378 Å². The second-order valence-electron chi connectivity index (χ2n) is 15.4. The molecule has 32 heteroatoms. The number of aromatic nitrogens is 6. The Hall–Kier alpha value is -10.3. The molecule has 0 saturated heterocycles. The Balaban J connectivity index is 0.000000140. The molecule has 414 valence electrons. The molecule has 0 unspecified atom stereocenters. The Kier molecular flexibility index (Phi) is 17.7. The van der Waals surface area contributed by atoms with E-state index in [1.54, 1.807) is 48.5 Å². The molecule has 24 nitrogen and oxygen atoms in total. The first-order chi connectivity index (χ1) is 38.3. The van der Waals surface area contributed by atoms with Gasteiger partial charge in [0.15, 0.2) is 0 Å². The zero-order chi connectivity index (χ0) is 59.0. The Morgan fingerprint density at radius 2 is 0.753 bits per heavy atom. The summed E-state index contributed by atoms with van der Waals surface area (Å²) in [4.78, 5) is 145. The summed E-state index contributed by atoms with van der Waals surface area (Å²) in [6, 6.07) is 24.9. The van der Waals surface area contributed by atoms with Crippen LogP contribution in [0.25, 0.3) is 65.4 Å². The lowest BCUT2D eigenvalue weighted by atomic mass is 10.1. The van der Waals surface area contributed by atoms with Crippen molar-refractivity contribution in [2.75, 3.05) is 0 Å². The van der Waals surface area contributed by atoms with Gasteiger partial charge in [0.1, 0.15) is 22.4 Å². The molecule has 12 rings (SSSR count). The highest BCUT2D eigenvalue weighted by molar-refractivity contribution is 9.10. The van der Waals surface area contributed by atoms with Crippen LogP contribution < -0.4 is 68.3 Å². The minimum absolute atomic E-state index is 0.0274. The second-order valence-corrected chi connectivity index (χ2v) is 17.1. The smallest absolute Gasteiger partial charge is 0.372 e. The average Bonchev–Trinajstić information content (AvgIpc) is 3.40. The van der Waals surface area contributed by atoms with Crippen molar-refractivity contribution < 1.29 is 48.5 Å². The summed E-state index contributed by atoms with van der Waals surface area (Å²) < 4.78 is 89.3. The maximum Gasteiger partial charge on any atom is 0.419 e. The van der Waals surface area contributed by atoms with Crippen LogP contribution in [0, 0.1) is 11.6 Å². The van der Waals surface area contributed by atoms with Gasteiger partial charge >= 0.3 is 74.5 Å². The predicted octanol–water partition coefficient (Wildman–Crippen LogP) is 6.25. The minimum atomic E-state index is -4.67. The van der Waals surface area contributed by atoms with Crippen LogP contribution in [0.1, 0.15) is 5.56 Å². The molecule has 0 aliphatic carbocycles. The van der Waals surface area contributed by atoms with E-state index >= 15 is 0 Å². The van der Waals surface area contributed by atoms with Crippen molar-refractivity contribution in [1.82, 2.24) is 29.9 Å². The van der Waals surface area contributed by atoms with E-state index in [1.165, 1.54) is 30.3 Å². The average molecular weight is 1230 g/mol. The van der Waals surface area contributed by atoms with Crippen LogP contribution >= 0.6 is 39.1 Å². The molecule has 0 aliphatic heterocycles. The second kappa shape index (κ2) is 24.6. The largest absolute Gasteiger partial charge is 0.419 e. The lowest BCUT2D eigenvalue weighted by molar-refractivity contribution is -0.136. The Morgan fingerprint density at radius 1 is 0.383 bits per heavy atom. The number of rotatable bonds is 0. The number of hydrogen-bond donors (Lipinski definition) is 6. The van der Waals surface area contributed by atoms with E-state index in [0.29, 0.717) is 31.4 Å². The van der Waals surface area contributed by atoms with Gasteiger partial charge in [-0.2, -0.15) is 13.2 Å². The molecule has 0 spiro atoms. The van der Waals surface area contributed by atoms with Gasteiger partial charge in [0, 0.05) is 9.50 Å². The molecule has 6 N–H and O–H groups in total. The third-order valence-electron chi connectivity index (χ3n) is 10.2. The molecule has 81 heavy (non-hydrogen) atoms. The number of nitrogens with one attached hydrogen (secondary N) is 6. The summed E-state index contributed by atoms with van der Waals surface area (Å²) in [7, 11) is 0. The van der Waals surface area contributed by atoms with Crippen LogP contribution in [-0.4, -0.2) is 29.9 Å². The predicted molar refractivity (Wildman–Crippen MR) is 281 cm³/mol. The minimum Gasteiger partial charge on any atom is -0.372 e. The highest BCUT2D eigenvalue weighted by Gasteiger charge is 2.34. The molecule has 0 saturated carbocycles. The number of fused-ring (bicyclic) bond motifs is 6. The van der Waals surface area contributed by atoms with E-state index in [4.69, 9.17) is 23.2 Å². The van der Waals surface area contributed by atoms with Gasteiger partial charge in [-0.3, -0.25) is 29.9 Å². The van der Waals surface area contributed by atoms with Gasteiger partial charge in [0.05, 0.1) is 65.2 Å². The maximum absolute atomic E-state index is 13.0. The zero-order valence-corrected chi connectivity index (χ0v) is 42.4. The van der Waals surface area contributed by atoms with Crippen molar-refractivity contribution in [2.45, 2.75) is 6.18 Å². The highest BCUT2D eigenvalue weighted by Crippen LogP contribution is 2.32. The SMILES string of the molecule is O=c1[nH]c2ccc(Cl)cc2c(=O)o1.O=c1[nH]c2ccc(F)cc2c(=O)o1.O=c1[nH]c2cccc(Br)c2c(=O)o1.O=c1[nH]c2cccc(C(F)(F)F)c2c(=O)o1.O=c1[nH]c2cccc(Cl)c2c(=O)o1.O=c1[nH]c2cccc(F)c2c(=O)o1. The van der Waals surface area contributed by atoms with E-state index in [1.807, 2.05) is 4.98 Å². The van der Waals surface area contributed by atoms with Crippen LogP contribution in [-0.2, 0) is 6.18 Å². The van der Waals surface area contributed by atoms with Gasteiger partial charge < -0.3 is 26.5 Å².